The van der Waals surface area contributed by atoms with Crippen LogP contribution in [0.4, 0.5) is 0 Å². The standard InChI is InChI=1S/C29H28N2O2S/c1-5-16-33-25-14-15-27-26(18-25)28(23-12-10-22(11-13-23)20(3)4)30-29(34)31(27)19-21-8-7-9-24(17-21)32-6-2/h1,7-15,17-18,20H,6,16,19H2,2-4H3. The number of hydrogen-bond donors (Lipinski definition) is 0. The van der Waals surface area contributed by atoms with Crippen molar-refractivity contribution in [2.75, 3.05) is 13.2 Å². The molecule has 3 aromatic carbocycles. The summed E-state index contributed by atoms with van der Waals surface area (Å²) in [6.07, 6.45) is 5.40. The van der Waals surface area contributed by atoms with E-state index in [1.807, 2.05) is 47.9 Å². The lowest BCUT2D eigenvalue weighted by Gasteiger charge is -2.16. The van der Waals surface area contributed by atoms with E-state index >= 15 is 0 Å². The van der Waals surface area contributed by atoms with Crippen LogP contribution >= 0.6 is 12.2 Å². The molecule has 4 rings (SSSR count). The number of rotatable bonds is 8. The molecule has 0 spiro atoms. The normalized spacial score (nSPS) is 10.9. The minimum Gasteiger partial charge on any atom is -0.494 e. The summed E-state index contributed by atoms with van der Waals surface area (Å²) < 4.78 is 14.0. The largest absolute Gasteiger partial charge is 0.494 e. The highest BCUT2D eigenvalue weighted by Gasteiger charge is 2.13. The lowest BCUT2D eigenvalue weighted by Crippen LogP contribution is -2.07. The first-order valence-electron chi connectivity index (χ1n) is 11.4. The summed E-state index contributed by atoms with van der Waals surface area (Å²) in [6.45, 7) is 7.77. The molecule has 0 radical (unpaired) electrons. The third-order valence-corrected chi connectivity index (χ3v) is 5.99. The monoisotopic (exact) mass is 468 g/mol. The zero-order chi connectivity index (χ0) is 24.1. The van der Waals surface area contributed by atoms with E-state index in [1.165, 1.54) is 5.56 Å². The third kappa shape index (κ3) is 5.13. The van der Waals surface area contributed by atoms with Gasteiger partial charge in [0.1, 0.15) is 18.1 Å². The van der Waals surface area contributed by atoms with E-state index in [2.05, 4.69) is 50.1 Å². The van der Waals surface area contributed by atoms with Gasteiger partial charge in [0, 0.05) is 10.9 Å². The number of benzene rings is 3. The Bertz CT molecular complexity index is 1400. The highest BCUT2D eigenvalue weighted by Crippen LogP contribution is 2.31. The highest BCUT2D eigenvalue weighted by molar-refractivity contribution is 7.71. The van der Waals surface area contributed by atoms with E-state index in [-0.39, 0.29) is 6.61 Å². The van der Waals surface area contributed by atoms with Crippen LogP contribution in [0.25, 0.3) is 22.2 Å². The molecule has 0 aliphatic rings. The third-order valence-electron chi connectivity index (χ3n) is 5.68. The van der Waals surface area contributed by atoms with Gasteiger partial charge in [0.2, 0.25) is 4.77 Å². The van der Waals surface area contributed by atoms with Crippen LogP contribution in [0.3, 0.4) is 0 Å². The smallest absolute Gasteiger partial charge is 0.200 e. The van der Waals surface area contributed by atoms with Gasteiger partial charge in [-0.05, 0) is 66.5 Å². The van der Waals surface area contributed by atoms with E-state index in [0.717, 1.165) is 33.5 Å². The second-order valence-corrected chi connectivity index (χ2v) is 8.72. The van der Waals surface area contributed by atoms with Crippen LogP contribution in [0.2, 0.25) is 0 Å². The van der Waals surface area contributed by atoms with Crippen molar-refractivity contribution in [2.45, 2.75) is 33.2 Å². The first-order chi connectivity index (χ1) is 16.5. The van der Waals surface area contributed by atoms with Crippen molar-refractivity contribution < 1.29 is 9.47 Å². The lowest BCUT2D eigenvalue weighted by atomic mass is 9.99. The average molecular weight is 469 g/mol. The maximum Gasteiger partial charge on any atom is 0.200 e. The van der Waals surface area contributed by atoms with Gasteiger partial charge in [0.15, 0.2) is 0 Å². The Labute approximate surface area is 206 Å². The second kappa shape index (κ2) is 10.5. The molecule has 0 aliphatic carbocycles. The van der Waals surface area contributed by atoms with Gasteiger partial charge in [-0.15, -0.1) is 6.42 Å². The summed E-state index contributed by atoms with van der Waals surface area (Å²) in [5.74, 6) is 4.53. The van der Waals surface area contributed by atoms with Crippen molar-refractivity contribution in [1.82, 2.24) is 9.55 Å². The molecule has 0 aliphatic heterocycles. The SMILES string of the molecule is C#CCOc1ccc2c(c1)c(-c1ccc(C(C)C)cc1)nc(=S)n2Cc1cccc(OCC)c1. The average Bonchev–Trinajstić information content (AvgIpc) is 2.84. The maximum absolute atomic E-state index is 5.78. The molecule has 1 heterocycles. The van der Waals surface area contributed by atoms with E-state index in [4.69, 9.17) is 33.1 Å². The quantitative estimate of drug-likeness (QED) is 0.206. The fourth-order valence-electron chi connectivity index (χ4n) is 3.96. The molecule has 0 fully saturated rings. The predicted molar refractivity (Wildman–Crippen MR) is 141 cm³/mol. The molecule has 4 aromatic rings. The predicted octanol–water partition coefficient (Wildman–Crippen LogP) is 7.02. The summed E-state index contributed by atoms with van der Waals surface area (Å²) in [5.41, 5.74) is 5.20. The Kier molecular flexibility index (Phi) is 7.30. The zero-order valence-electron chi connectivity index (χ0n) is 19.7. The number of ether oxygens (including phenoxy) is 2. The molecular weight excluding hydrogens is 440 g/mol. The number of fused-ring (bicyclic) bond motifs is 1. The molecule has 5 heteroatoms. The van der Waals surface area contributed by atoms with Crippen LogP contribution in [-0.2, 0) is 6.54 Å². The minimum atomic E-state index is 0.209. The molecule has 0 unspecified atom stereocenters. The molecule has 0 saturated carbocycles. The number of hydrogen-bond acceptors (Lipinski definition) is 4. The van der Waals surface area contributed by atoms with Gasteiger partial charge in [-0.25, -0.2) is 4.98 Å². The van der Waals surface area contributed by atoms with Crippen LogP contribution in [0.15, 0.2) is 66.7 Å². The van der Waals surface area contributed by atoms with Crippen molar-refractivity contribution >= 4 is 23.1 Å². The molecule has 0 amide bonds. The highest BCUT2D eigenvalue weighted by atomic mass is 32.1. The van der Waals surface area contributed by atoms with Gasteiger partial charge >= 0.3 is 0 Å². The van der Waals surface area contributed by atoms with Gasteiger partial charge in [-0.2, -0.15) is 0 Å². The topological polar surface area (TPSA) is 36.3 Å². The van der Waals surface area contributed by atoms with Crippen LogP contribution < -0.4 is 9.47 Å². The fourth-order valence-corrected chi connectivity index (χ4v) is 4.21. The van der Waals surface area contributed by atoms with Crippen molar-refractivity contribution in [3.63, 3.8) is 0 Å². The molecule has 0 N–H and O–H groups in total. The van der Waals surface area contributed by atoms with Crippen molar-refractivity contribution in [3.05, 3.63) is 82.6 Å². The Balaban J connectivity index is 1.85. The van der Waals surface area contributed by atoms with Crippen LogP contribution in [0.1, 0.15) is 37.8 Å². The lowest BCUT2D eigenvalue weighted by molar-refractivity contribution is 0.340. The van der Waals surface area contributed by atoms with Crippen LogP contribution in [0, 0.1) is 17.1 Å². The molecular formula is C29H28N2O2S. The van der Waals surface area contributed by atoms with Crippen molar-refractivity contribution in [1.29, 1.82) is 0 Å². The van der Waals surface area contributed by atoms with Gasteiger partial charge in [-0.3, -0.25) is 0 Å². The number of nitrogens with zero attached hydrogens (tertiary/aromatic N) is 2. The van der Waals surface area contributed by atoms with Gasteiger partial charge < -0.3 is 14.0 Å². The Morgan fingerprint density at radius 2 is 1.76 bits per heavy atom. The van der Waals surface area contributed by atoms with E-state index in [9.17, 15) is 0 Å². The zero-order valence-corrected chi connectivity index (χ0v) is 20.6. The first-order valence-corrected chi connectivity index (χ1v) is 11.8. The summed E-state index contributed by atoms with van der Waals surface area (Å²) in [7, 11) is 0. The fraction of sp³-hybridized carbons (Fsp3) is 0.241. The molecule has 172 valence electrons. The molecule has 0 saturated heterocycles. The summed E-state index contributed by atoms with van der Waals surface area (Å²) in [4.78, 5) is 4.87. The number of terminal acetylenes is 1. The Hall–Kier alpha value is -3.62. The number of aromatic nitrogens is 2. The molecule has 1 aromatic heterocycles. The molecule has 0 bridgehead atoms. The van der Waals surface area contributed by atoms with Gasteiger partial charge in [0.05, 0.1) is 24.4 Å². The summed E-state index contributed by atoms with van der Waals surface area (Å²) >= 11 is 5.78. The molecule has 4 nitrogen and oxygen atoms in total. The van der Waals surface area contributed by atoms with Crippen molar-refractivity contribution in [2.24, 2.45) is 0 Å². The van der Waals surface area contributed by atoms with Gasteiger partial charge in [0.25, 0.3) is 0 Å². The summed E-state index contributed by atoms with van der Waals surface area (Å²) in [6, 6.07) is 22.5. The minimum absolute atomic E-state index is 0.209. The summed E-state index contributed by atoms with van der Waals surface area (Å²) in [5, 5.41) is 0.960. The van der Waals surface area contributed by atoms with Gasteiger partial charge in [-0.1, -0.05) is 56.2 Å². The van der Waals surface area contributed by atoms with E-state index in [0.29, 0.717) is 29.6 Å². The maximum atomic E-state index is 5.78. The van der Waals surface area contributed by atoms with E-state index < -0.39 is 0 Å². The van der Waals surface area contributed by atoms with E-state index in [1.54, 1.807) is 0 Å². The second-order valence-electron chi connectivity index (χ2n) is 8.36. The van der Waals surface area contributed by atoms with Crippen LogP contribution in [0.5, 0.6) is 11.5 Å². The Morgan fingerprint density at radius 1 is 1.00 bits per heavy atom. The molecule has 34 heavy (non-hydrogen) atoms. The molecule has 0 atom stereocenters. The van der Waals surface area contributed by atoms with Crippen LogP contribution in [-0.4, -0.2) is 22.8 Å². The Morgan fingerprint density at radius 3 is 2.47 bits per heavy atom. The van der Waals surface area contributed by atoms with Crippen molar-refractivity contribution in [3.8, 4) is 35.1 Å². The first kappa shape index (κ1) is 23.5.